The Kier molecular flexibility index (Phi) is 6.04. The normalized spacial score (nSPS) is 12.8. The quantitative estimate of drug-likeness (QED) is 0.751. The minimum absolute atomic E-state index is 0.244. The predicted octanol–water partition coefficient (Wildman–Crippen LogP) is 0.628. The molecule has 0 heterocycles. The largest absolute Gasteiger partial charge is 0.496 e. The van der Waals surface area contributed by atoms with Gasteiger partial charge in [0.15, 0.2) is 0 Å². The minimum Gasteiger partial charge on any atom is -0.496 e. The lowest BCUT2D eigenvalue weighted by molar-refractivity contribution is 0.133. The van der Waals surface area contributed by atoms with Gasteiger partial charge in [-0.15, -0.1) is 0 Å². The number of hydrogen-bond acceptors (Lipinski definition) is 4. The molecule has 1 rings (SSSR count). The fraction of sp³-hybridized carbons (Fsp3) is 0.538. The molecule has 1 atom stereocenters. The Morgan fingerprint density at radius 1 is 1.50 bits per heavy atom. The molecule has 0 saturated carbocycles. The number of nitrogens with two attached hydrogens (primary N) is 1. The van der Waals surface area contributed by atoms with E-state index in [1.54, 1.807) is 13.2 Å². The summed E-state index contributed by atoms with van der Waals surface area (Å²) in [6, 6.07) is 4.48. The van der Waals surface area contributed by atoms with Gasteiger partial charge in [0.25, 0.3) is 0 Å². The van der Waals surface area contributed by atoms with E-state index in [1.807, 2.05) is 11.9 Å². The van der Waals surface area contributed by atoms with Gasteiger partial charge < -0.3 is 20.5 Å². The van der Waals surface area contributed by atoms with Gasteiger partial charge in [0, 0.05) is 19.6 Å². The Balaban J connectivity index is 2.54. The second-order valence-electron chi connectivity index (χ2n) is 4.36. The molecule has 18 heavy (non-hydrogen) atoms. The highest BCUT2D eigenvalue weighted by Crippen LogP contribution is 2.19. The van der Waals surface area contributed by atoms with Crippen LogP contribution in [0.3, 0.4) is 0 Å². The minimum atomic E-state index is -0.524. The first-order valence-electron chi connectivity index (χ1n) is 5.96. The van der Waals surface area contributed by atoms with Crippen molar-refractivity contribution in [1.82, 2.24) is 4.90 Å². The van der Waals surface area contributed by atoms with E-state index in [1.165, 1.54) is 12.1 Å². The summed E-state index contributed by atoms with van der Waals surface area (Å²) in [5, 5.41) is 9.42. The van der Waals surface area contributed by atoms with E-state index in [9.17, 15) is 9.50 Å². The van der Waals surface area contributed by atoms with Crippen LogP contribution in [0.2, 0.25) is 0 Å². The standard InChI is InChI=1S/C13H21FN2O2/c1-16(9-12(17)8-15)6-5-10-7-11(14)3-4-13(10)18-2/h3-4,7,12,17H,5-6,8-9,15H2,1-2H3. The van der Waals surface area contributed by atoms with Crippen LogP contribution in [0.4, 0.5) is 4.39 Å². The van der Waals surface area contributed by atoms with Crippen LogP contribution in [-0.4, -0.2) is 49.9 Å². The summed E-state index contributed by atoms with van der Waals surface area (Å²) >= 11 is 0. The van der Waals surface area contributed by atoms with Crippen molar-refractivity contribution >= 4 is 0 Å². The van der Waals surface area contributed by atoms with E-state index >= 15 is 0 Å². The van der Waals surface area contributed by atoms with Crippen LogP contribution in [0, 0.1) is 5.82 Å². The van der Waals surface area contributed by atoms with Crippen molar-refractivity contribution in [3.8, 4) is 5.75 Å². The first kappa shape index (κ1) is 14.9. The molecular formula is C13H21FN2O2. The van der Waals surface area contributed by atoms with Gasteiger partial charge in [-0.25, -0.2) is 4.39 Å². The average Bonchev–Trinajstić information content (AvgIpc) is 2.36. The number of benzene rings is 1. The number of halogens is 1. The second-order valence-corrected chi connectivity index (χ2v) is 4.36. The molecule has 0 aliphatic rings. The average molecular weight is 256 g/mol. The molecule has 0 spiro atoms. The number of likely N-dealkylation sites (N-methyl/N-ethyl adjacent to an activating group) is 1. The van der Waals surface area contributed by atoms with Crippen molar-refractivity contribution in [3.63, 3.8) is 0 Å². The van der Waals surface area contributed by atoms with Crippen molar-refractivity contribution in [2.45, 2.75) is 12.5 Å². The van der Waals surface area contributed by atoms with E-state index in [-0.39, 0.29) is 12.4 Å². The van der Waals surface area contributed by atoms with Gasteiger partial charge in [-0.05, 0) is 37.2 Å². The highest BCUT2D eigenvalue weighted by Gasteiger charge is 2.09. The lowest BCUT2D eigenvalue weighted by atomic mass is 10.1. The van der Waals surface area contributed by atoms with Gasteiger partial charge in [0.05, 0.1) is 13.2 Å². The molecule has 1 aromatic rings. The number of aliphatic hydroxyl groups excluding tert-OH is 1. The molecule has 0 aliphatic heterocycles. The topological polar surface area (TPSA) is 58.7 Å². The number of rotatable bonds is 7. The Bertz CT molecular complexity index is 374. The van der Waals surface area contributed by atoms with Gasteiger partial charge in [-0.3, -0.25) is 0 Å². The Labute approximate surface area is 107 Å². The number of nitrogens with zero attached hydrogens (tertiary/aromatic N) is 1. The summed E-state index contributed by atoms with van der Waals surface area (Å²) in [5.41, 5.74) is 6.17. The highest BCUT2D eigenvalue weighted by molar-refractivity contribution is 5.34. The molecule has 0 aromatic heterocycles. The summed E-state index contributed by atoms with van der Waals surface area (Å²) < 4.78 is 18.3. The first-order valence-corrected chi connectivity index (χ1v) is 5.96. The lowest BCUT2D eigenvalue weighted by Gasteiger charge is -2.20. The van der Waals surface area contributed by atoms with Crippen molar-refractivity contribution in [2.24, 2.45) is 5.73 Å². The van der Waals surface area contributed by atoms with Gasteiger partial charge in [-0.2, -0.15) is 0 Å². The van der Waals surface area contributed by atoms with Gasteiger partial charge in [-0.1, -0.05) is 0 Å². The molecule has 0 radical (unpaired) electrons. The van der Waals surface area contributed by atoms with Crippen LogP contribution >= 0.6 is 0 Å². The van der Waals surface area contributed by atoms with Crippen molar-refractivity contribution < 1.29 is 14.2 Å². The zero-order valence-corrected chi connectivity index (χ0v) is 10.9. The Morgan fingerprint density at radius 3 is 2.83 bits per heavy atom. The van der Waals surface area contributed by atoms with E-state index in [4.69, 9.17) is 10.5 Å². The second kappa shape index (κ2) is 7.31. The maximum atomic E-state index is 13.1. The van der Waals surface area contributed by atoms with Crippen LogP contribution in [-0.2, 0) is 6.42 Å². The van der Waals surface area contributed by atoms with Crippen molar-refractivity contribution in [3.05, 3.63) is 29.6 Å². The maximum absolute atomic E-state index is 13.1. The SMILES string of the molecule is COc1ccc(F)cc1CCN(C)CC(O)CN. The molecular weight excluding hydrogens is 235 g/mol. The smallest absolute Gasteiger partial charge is 0.123 e. The van der Waals surface area contributed by atoms with Crippen LogP contribution in [0.25, 0.3) is 0 Å². The van der Waals surface area contributed by atoms with Crippen LogP contribution in [0.1, 0.15) is 5.56 Å². The fourth-order valence-corrected chi connectivity index (χ4v) is 1.78. The van der Waals surface area contributed by atoms with Crippen LogP contribution in [0.15, 0.2) is 18.2 Å². The molecule has 1 aromatic carbocycles. The lowest BCUT2D eigenvalue weighted by Crippen LogP contribution is -2.35. The van der Waals surface area contributed by atoms with Gasteiger partial charge in [0.1, 0.15) is 11.6 Å². The number of ether oxygens (including phenoxy) is 1. The van der Waals surface area contributed by atoms with E-state index in [2.05, 4.69) is 0 Å². The molecule has 1 unspecified atom stereocenters. The van der Waals surface area contributed by atoms with Crippen molar-refractivity contribution in [2.75, 3.05) is 33.8 Å². The zero-order chi connectivity index (χ0) is 13.5. The maximum Gasteiger partial charge on any atom is 0.123 e. The fourth-order valence-electron chi connectivity index (χ4n) is 1.78. The van der Waals surface area contributed by atoms with Gasteiger partial charge >= 0.3 is 0 Å². The van der Waals surface area contributed by atoms with E-state index < -0.39 is 6.10 Å². The summed E-state index contributed by atoms with van der Waals surface area (Å²) in [5.74, 6) is 0.416. The number of hydrogen-bond donors (Lipinski definition) is 2. The first-order chi connectivity index (χ1) is 8.56. The van der Waals surface area contributed by atoms with Crippen LogP contribution in [0.5, 0.6) is 5.75 Å². The zero-order valence-electron chi connectivity index (χ0n) is 10.9. The molecule has 0 fully saturated rings. The van der Waals surface area contributed by atoms with Crippen LogP contribution < -0.4 is 10.5 Å². The highest BCUT2D eigenvalue weighted by atomic mass is 19.1. The molecule has 3 N–H and O–H groups in total. The molecule has 0 amide bonds. The third kappa shape index (κ3) is 4.60. The molecule has 0 bridgehead atoms. The molecule has 102 valence electrons. The Hall–Kier alpha value is -1.17. The van der Waals surface area contributed by atoms with Crippen molar-refractivity contribution in [1.29, 1.82) is 0 Å². The number of aliphatic hydroxyl groups is 1. The summed E-state index contributed by atoms with van der Waals surface area (Å²) in [6.07, 6.45) is 0.138. The molecule has 5 heteroatoms. The summed E-state index contributed by atoms with van der Waals surface area (Å²) in [7, 11) is 3.46. The molecule has 0 aliphatic carbocycles. The van der Waals surface area contributed by atoms with E-state index in [0.29, 0.717) is 25.3 Å². The van der Waals surface area contributed by atoms with Gasteiger partial charge in [0.2, 0.25) is 0 Å². The monoisotopic (exact) mass is 256 g/mol. The molecule has 0 saturated heterocycles. The summed E-state index contributed by atoms with van der Waals surface area (Å²) in [4.78, 5) is 1.96. The number of methoxy groups -OCH3 is 1. The third-order valence-corrected chi connectivity index (χ3v) is 2.80. The summed E-state index contributed by atoms with van der Waals surface area (Å²) in [6.45, 7) is 1.46. The Morgan fingerprint density at radius 2 is 2.22 bits per heavy atom. The van der Waals surface area contributed by atoms with E-state index in [0.717, 1.165) is 5.56 Å². The predicted molar refractivity (Wildman–Crippen MR) is 69.2 cm³/mol. The third-order valence-electron chi connectivity index (χ3n) is 2.80. The molecule has 4 nitrogen and oxygen atoms in total.